The normalized spacial score (nSPS) is 16.2. The summed E-state index contributed by atoms with van der Waals surface area (Å²) in [6.07, 6.45) is 11.1. The van der Waals surface area contributed by atoms with E-state index in [4.69, 9.17) is 0 Å². The summed E-state index contributed by atoms with van der Waals surface area (Å²) < 4.78 is 0. The quantitative estimate of drug-likeness (QED) is 0.168. The molecule has 4 N–H and O–H groups in total. The van der Waals surface area contributed by atoms with Gasteiger partial charge in [0.2, 0.25) is 5.91 Å². The predicted octanol–water partition coefficient (Wildman–Crippen LogP) is 1.21. The summed E-state index contributed by atoms with van der Waals surface area (Å²) in [4.78, 5) is 64.9. The van der Waals surface area contributed by atoms with Crippen LogP contribution in [0.2, 0.25) is 0 Å². The first-order valence-corrected chi connectivity index (χ1v) is 18.6. The van der Waals surface area contributed by atoms with Crippen molar-refractivity contribution in [3.8, 4) is 0 Å². The zero-order valence-corrected chi connectivity index (χ0v) is 34.0. The van der Waals surface area contributed by atoms with E-state index in [0.717, 1.165) is 38.6 Å². The van der Waals surface area contributed by atoms with Crippen molar-refractivity contribution in [3.05, 3.63) is 88.8 Å². The van der Waals surface area contributed by atoms with Crippen LogP contribution in [0.5, 0.6) is 0 Å². The molecule has 3 aliphatic rings. The molecule has 5 heterocycles. The molecule has 0 spiro atoms. The fourth-order valence-electron chi connectivity index (χ4n) is 6.18. The second-order valence-electron chi connectivity index (χ2n) is 15.8. The third kappa shape index (κ3) is 14.5. The number of aromatic nitrogens is 3. The number of nitrogens with zero attached hydrogens (tertiary/aromatic N) is 6. The number of carbonyl (C=O) groups is 3. The summed E-state index contributed by atoms with van der Waals surface area (Å²) in [5.41, 5.74) is 0.154. The van der Waals surface area contributed by atoms with Gasteiger partial charge in [-0.15, -0.1) is 5.56 Å². The molecule has 0 radical (unpaired) electrons. The van der Waals surface area contributed by atoms with Crippen LogP contribution < -0.4 is 18.9 Å². The molecular formula is C42H60LiN6O8-. The van der Waals surface area contributed by atoms with Crippen molar-refractivity contribution in [3.63, 3.8) is 0 Å². The van der Waals surface area contributed by atoms with Gasteiger partial charge in [0.15, 0.2) is 5.78 Å². The van der Waals surface area contributed by atoms with Crippen LogP contribution in [0.4, 0.5) is 0 Å². The van der Waals surface area contributed by atoms with E-state index in [1.807, 2.05) is 4.90 Å². The van der Waals surface area contributed by atoms with Gasteiger partial charge in [-0.1, -0.05) is 26.1 Å². The maximum absolute atomic E-state index is 12.9. The van der Waals surface area contributed by atoms with Gasteiger partial charge in [-0.05, 0) is 92.0 Å². The molecule has 14 nitrogen and oxygen atoms in total. The van der Waals surface area contributed by atoms with Crippen LogP contribution in [0, 0.1) is 5.92 Å². The van der Waals surface area contributed by atoms with Crippen molar-refractivity contribution >= 4 is 23.9 Å². The van der Waals surface area contributed by atoms with Crippen LogP contribution in [0.15, 0.2) is 55.0 Å². The Labute approximate surface area is 349 Å². The second-order valence-corrected chi connectivity index (χ2v) is 15.8. The first-order valence-electron chi connectivity index (χ1n) is 18.6. The summed E-state index contributed by atoms with van der Waals surface area (Å²) in [5, 5.41) is 29.0. The molecule has 3 fully saturated rings. The molecule has 15 heteroatoms. The molecule has 3 aromatic heterocycles. The Bertz CT molecular complexity index is 1730. The van der Waals surface area contributed by atoms with Gasteiger partial charge in [0, 0.05) is 69.0 Å². The molecule has 3 aromatic rings. The molecule has 0 atom stereocenters. The number of ketones is 1. The Morgan fingerprint density at radius 3 is 1.56 bits per heavy atom. The van der Waals surface area contributed by atoms with Crippen molar-refractivity contribution < 1.29 is 58.8 Å². The number of Topliss-reactive ketones (excluding diaryl/α,β-unsaturated/α-hetero) is 1. The fraction of sp³-hybridized carbons (Fsp3) is 0.548. The van der Waals surface area contributed by atoms with Crippen molar-refractivity contribution in [2.45, 2.75) is 104 Å². The summed E-state index contributed by atoms with van der Waals surface area (Å²) in [7, 11) is 0. The zero-order chi connectivity index (χ0) is 39.8. The zero-order valence-electron chi connectivity index (χ0n) is 34.0. The van der Waals surface area contributed by atoms with Crippen LogP contribution in [0.3, 0.4) is 0 Å². The molecule has 0 unspecified atom stereocenters. The van der Waals surface area contributed by atoms with Gasteiger partial charge in [-0.2, -0.15) is 6.07 Å². The van der Waals surface area contributed by atoms with E-state index >= 15 is 0 Å². The summed E-state index contributed by atoms with van der Waals surface area (Å²) in [6.45, 7) is 16.1. The van der Waals surface area contributed by atoms with E-state index in [1.54, 1.807) is 89.1 Å². The van der Waals surface area contributed by atoms with E-state index in [-0.39, 0.29) is 55.3 Å². The molecule has 2 amide bonds. The Hall–Kier alpha value is -3.87. The monoisotopic (exact) mass is 783 g/mol. The predicted molar refractivity (Wildman–Crippen MR) is 212 cm³/mol. The minimum Gasteiger partial charge on any atom is -0.870 e. The molecule has 57 heavy (non-hydrogen) atoms. The second kappa shape index (κ2) is 21.8. The molecule has 2 saturated heterocycles. The van der Waals surface area contributed by atoms with E-state index < -0.39 is 16.8 Å². The summed E-state index contributed by atoms with van der Waals surface area (Å²) >= 11 is 0. The van der Waals surface area contributed by atoms with Gasteiger partial charge in [-0.25, -0.2) is 0 Å². The number of rotatable bonds is 8. The molecule has 308 valence electrons. The SMILES string of the molecule is C.CC(=O)c1ccc(C(C)(C)O)nc1.CC(C)(O)c1ccc(C(=O)N2CC(C(=O)N3CCCN(C4CCC4)CC3)C2)cn1.CC(C)(O)c1ccc([C-]=O)cn1.[Li+].[OH-]. The van der Waals surface area contributed by atoms with Gasteiger partial charge < -0.3 is 40.4 Å². The third-order valence-corrected chi connectivity index (χ3v) is 9.89. The average molecular weight is 784 g/mol. The summed E-state index contributed by atoms with van der Waals surface area (Å²) in [5.74, 6) is -0.0107. The van der Waals surface area contributed by atoms with Gasteiger partial charge in [0.1, 0.15) is 11.2 Å². The van der Waals surface area contributed by atoms with E-state index in [1.165, 1.54) is 44.8 Å². The van der Waals surface area contributed by atoms with E-state index in [2.05, 4.69) is 19.9 Å². The van der Waals surface area contributed by atoms with Crippen LogP contribution in [0.25, 0.3) is 0 Å². The molecule has 6 rings (SSSR count). The number of hydrogen-bond acceptors (Lipinski definition) is 12. The topological polar surface area (TPSA) is 207 Å². The number of hydrogen-bond donors (Lipinski definition) is 3. The number of likely N-dealkylation sites (tertiary alicyclic amines) is 1. The molecule has 0 bridgehead atoms. The molecule has 0 aromatic carbocycles. The van der Waals surface area contributed by atoms with E-state index in [0.29, 0.717) is 46.9 Å². The van der Waals surface area contributed by atoms with Crippen molar-refractivity contribution in [2.24, 2.45) is 5.92 Å². The first-order chi connectivity index (χ1) is 25.3. The van der Waals surface area contributed by atoms with Crippen molar-refractivity contribution in [1.29, 1.82) is 0 Å². The molecule has 1 aliphatic carbocycles. The Morgan fingerprint density at radius 1 is 0.684 bits per heavy atom. The van der Waals surface area contributed by atoms with Gasteiger partial charge in [0.25, 0.3) is 5.91 Å². The average Bonchev–Trinajstić information content (AvgIpc) is 3.32. The Morgan fingerprint density at radius 2 is 1.18 bits per heavy atom. The number of pyridine rings is 3. The van der Waals surface area contributed by atoms with Crippen molar-refractivity contribution in [1.82, 2.24) is 29.7 Å². The molecular weight excluding hydrogens is 723 g/mol. The number of amides is 2. The standard InChI is InChI=1S/C22H32N4O3.C10H13NO2.C9H10NO2.CH4.Li.H2O/c1-22(2,29)19-8-7-16(13-23-19)20(27)26-14-17(15-26)21(28)25-10-4-9-24(11-12-25)18-5-3-6-18;1-7(12)8-4-5-9(11-6-8)10(2,3)13;1-9(2,12)8-4-3-7(6-11)5-10-8;;;/h7-8,13,17-18,29H,3-6,9-12,14-15H2,1-2H3;4-6,13H,1-3H3;3-5,12H,1-2H3;1H4;;1H2/q;;-1;;+1;/p-1. The largest absolute Gasteiger partial charge is 1.00 e. The van der Waals surface area contributed by atoms with Crippen molar-refractivity contribution in [2.75, 3.05) is 39.3 Å². The Balaban J connectivity index is 0.000000486. The summed E-state index contributed by atoms with van der Waals surface area (Å²) in [6, 6.07) is 10.6. The molecule has 2 aliphatic heterocycles. The number of aliphatic hydroxyl groups is 3. The van der Waals surface area contributed by atoms with E-state index in [9.17, 15) is 34.5 Å². The fourth-order valence-corrected chi connectivity index (χ4v) is 6.18. The minimum atomic E-state index is -1.03. The van der Waals surface area contributed by atoms with Crippen LogP contribution >= 0.6 is 0 Å². The van der Waals surface area contributed by atoms with Crippen LogP contribution in [-0.4, -0.2) is 120 Å². The smallest absolute Gasteiger partial charge is 0.870 e. The number of carbonyl (C=O) groups excluding carboxylic acids is 4. The molecule has 1 saturated carbocycles. The van der Waals surface area contributed by atoms with Gasteiger partial charge in [0.05, 0.1) is 34.8 Å². The van der Waals surface area contributed by atoms with Crippen LogP contribution in [-0.2, 0) is 26.4 Å². The minimum absolute atomic E-state index is 0. The first kappa shape index (κ1) is 51.1. The van der Waals surface area contributed by atoms with Gasteiger partial charge >= 0.3 is 18.9 Å². The van der Waals surface area contributed by atoms with Gasteiger partial charge in [-0.3, -0.25) is 29.3 Å². The van der Waals surface area contributed by atoms with Crippen LogP contribution in [0.1, 0.15) is 125 Å². The Kier molecular flexibility index (Phi) is 19.5. The third-order valence-electron chi connectivity index (χ3n) is 9.89. The maximum Gasteiger partial charge on any atom is 1.00 e. The maximum atomic E-state index is 12.9.